The fourth-order valence-electron chi connectivity index (χ4n) is 2.40. The zero-order chi connectivity index (χ0) is 11.4. The van der Waals surface area contributed by atoms with E-state index in [0.29, 0.717) is 6.04 Å². The van der Waals surface area contributed by atoms with Gasteiger partial charge in [0.05, 0.1) is 11.4 Å². The third-order valence-corrected chi connectivity index (χ3v) is 3.55. The van der Waals surface area contributed by atoms with Crippen LogP contribution in [0.3, 0.4) is 0 Å². The van der Waals surface area contributed by atoms with Crippen LogP contribution < -0.4 is 5.32 Å². The summed E-state index contributed by atoms with van der Waals surface area (Å²) in [6.45, 7) is 5.09. The van der Waals surface area contributed by atoms with Crippen LogP contribution in [0.2, 0.25) is 0 Å². The molecule has 1 atom stereocenters. The molecule has 0 spiro atoms. The fourth-order valence-corrected chi connectivity index (χ4v) is 2.40. The summed E-state index contributed by atoms with van der Waals surface area (Å²) in [5.74, 6) is 0.860. The minimum Gasteiger partial charge on any atom is -0.308 e. The van der Waals surface area contributed by atoms with E-state index in [-0.39, 0.29) is 0 Å². The third-order valence-electron chi connectivity index (χ3n) is 3.55. The third kappa shape index (κ3) is 3.01. The van der Waals surface area contributed by atoms with Crippen molar-refractivity contribution in [3.8, 4) is 0 Å². The van der Waals surface area contributed by atoms with Gasteiger partial charge in [-0.15, -0.1) is 0 Å². The monoisotopic (exact) mass is 219 g/mol. The van der Waals surface area contributed by atoms with E-state index >= 15 is 0 Å². The Bertz CT molecular complexity index is 314. The Hall–Kier alpha value is -0.960. The summed E-state index contributed by atoms with van der Waals surface area (Å²) < 4.78 is 0. The highest BCUT2D eigenvalue weighted by molar-refractivity contribution is 5.00. The highest BCUT2D eigenvalue weighted by Gasteiger charge is 2.20. The van der Waals surface area contributed by atoms with Gasteiger partial charge < -0.3 is 5.32 Å². The SMILES string of the molecule is Cc1cnc(CNC(C)C2CCCC2)cn1. The second-order valence-corrected chi connectivity index (χ2v) is 4.86. The van der Waals surface area contributed by atoms with Crippen LogP contribution in [-0.4, -0.2) is 16.0 Å². The molecule has 1 heterocycles. The van der Waals surface area contributed by atoms with Crippen LogP contribution in [0.1, 0.15) is 44.0 Å². The average molecular weight is 219 g/mol. The Morgan fingerprint density at radius 1 is 1.31 bits per heavy atom. The maximum Gasteiger partial charge on any atom is 0.0724 e. The molecule has 0 aliphatic heterocycles. The van der Waals surface area contributed by atoms with Gasteiger partial charge in [-0.05, 0) is 32.6 Å². The second kappa shape index (κ2) is 5.39. The molecule has 3 nitrogen and oxygen atoms in total. The van der Waals surface area contributed by atoms with Gasteiger partial charge in [-0.3, -0.25) is 9.97 Å². The molecular weight excluding hydrogens is 198 g/mol. The van der Waals surface area contributed by atoms with E-state index < -0.39 is 0 Å². The molecule has 1 aromatic rings. The number of aryl methyl sites for hydroxylation is 1. The van der Waals surface area contributed by atoms with Gasteiger partial charge in [0.1, 0.15) is 0 Å². The quantitative estimate of drug-likeness (QED) is 0.845. The second-order valence-electron chi connectivity index (χ2n) is 4.86. The minimum atomic E-state index is 0.602. The molecule has 0 bridgehead atoms. The van der Waals surface area contributed by atoms with E-state index in [1.807, 2.05) is 19.3 Å². The predicted molar refractivity (Wildman–Crippen MR) is 65.0 cm³/mol. The van der Waals surface area contributed by atoms with Gasteiger partial charge in [0.15, 0.2) is 0 Å². The molecule has 0 amide bonds. The summed E-state index contributed by atoms with van der Waals surface area (Å²) in [6.07, 6.45) is 9.27. The van der Waals surface area contributed by atoms with E-state index in [1.54, 1.807) is 0 Å². The average Bonchev–Trinajstić information content (AvgIpc) is 2.81. The number of nitrogens with one attached hydrogen (secondary N) is 1. The van der Waals surface area contributed by atoms with Crippen molar-refractivity contribution in [2.75, 3.05) is 0 Å². The zero-order valence-corrected chi connectivity index (χ0v) is 10.2. The van der Waals surface area contributed by atoms with Gasteiger partial charge in [0.2, 0.25) is 0 Å². The molecular formula is C13H21N3. The Kier molecular flexibility index (Phi) is 3.88. The molecule has 0 radical (unpaired) electrons. The van der Waals surface area contributed by atoms with Crippen molar-refractivity contribution < 1.29 is 0 Å². The Balaban J connectivity index is 1.80. The molecule has 1 aromatic heterocycles. The van der Waals surface area contributed by atoms with Crippen LogP contribution in [-0.2, 0) is 6.54 Å². The molecule has 1 saturated carbocycles. The van der Waals surface area contributed by atoms with Crippen molar-refractivity contribution in [2.45, 2.75) is 52.1 Å². The lowest BCUT2D eigenvalue weighted by molar-refractivity contribution is 0.379. The first-order valence-electron chi connectivity index (χ1n) is 6.26. The number of rotatable bonds is 4. The van der Waals surface area contributed by atoms with Gasteiger partial charge in [-0.2, -0.15) is 0 Å². The van der Waals surface area contributed by atoms with Crippen molar-refractivity contribution in [3.63, 3.8) is 0 Å². The van der Waals surface area contributed by atoms with E-state index in [2.05, 4.69) is 22.2 Å². The Morgan fingerprint density at radius 3 is 2.69 bits per heavy atom. The number of hydrogen-bond donors (Lipinski definition) is 1. The topological polar surface area (TPSA) is 37.8 Å². The maximum atomic E-state index is 4.35. The molecule has 3 heteroatoms. The molecule has 1 aliphatic carbocycles. The smallest absolute Gasteiger partial charge is 0.0724 e. The summed E-state index contributed by atoms with van der Waals surface area (Å²) in [4.78, 5) is 8.60. The van der Waals surface area contributed by atoms with Crippen molar-refractivity contribution >= 4 is 0 Å². The molecule has 1 fully saturated rings. The lowest BCUT2D eigenvalue weighted by atomic mass is 10.00. The summed E-state index contributed by atoms with van der Waals surface area (Å²) in [6, 6.07) is 0.602. The van der Waals surface area contributed by atoms with Crippen LogP contribution in [0.25, 0.3) is 0 Å². The number of nitrogens with zero attached hydrogens (tertiary/aromatic N) is 2. The summed E-state index contributed by atoms with van der Waals surface area (Å²) >= 11 is 0. The van der Waals surface area contributed by atoms with Gasteiger partial charge >= 0.3 is 0 Å². The van der Waals surface area contributed by atoms with Crippen LogP contribution >= 0.6 is 0 Å². The van der Waals surface area contributed by atoms with Crippen LogP contribution in [0.15, 0.2) is 12.4 Å². The zero-order valence-electron chi connectivity index (χ0n) is 10.2. The number of aromatic nitrogens is 2. The van der Waals surface area contributed by atoms with Crippen LogP contribution in [0.4, 0.5) is 0 Å². The Labute approximate surface area is 97.7 Å². The highest BCUT2D eigenvalue weighted by Crippen LogP contribution is 2.27. The molecule has 0 saturated heterocycles. The van der Waals surface area contributed by atoms with E-state index in [4.69, 9.17) is 0 Å². The first kappa shape index (κ1) is 11.5. The standard InChI is InChI=1S/C13H21N3/c1-10-7-16-13(8-14-10)9-15-11(2)12-5-3-4-6-12/h7-8,11-12,15H,3-6,9H2,1-2H3. The first-order valence-corrected chi connectivity index (χ1v) is 6.26. The van der Waals surface area contributed by atoms with Gasteiger partial charge in [-0.25, -0.2) is 0 Å². The molecule has 1 N–H and O–H groups in total. The van der Waals surface area contributed by atoms with E-state index in [0.717, 1.165) is 23.9 Å². The molecule has 1 unspecified atom stereocenters. The number of hydrogen-bond acceptors (Lipinski definition) is 3. The Morgan fingerprint density at radius 2 is 2.06 bits per heavy atom. The van der Waals surface area contributed by atoms with Crippen molar-refractivity contribution in [1.29, 1.82) is 0 Å². The normalized spacial score (nSPS) is 18.9. The lowest BCUT2D eigenvalue weighted by Gasteiger charge is -2.20. The van der Waals surface area contributed by atoms with Gasteiger partial charge in [0.25, 0.3) is 0 Å². The summed E-state index contributed by atoms with van der Waals surface area (Å²) in [5, 5.41) is 3.56. The maximum absolute atomic E-state index is 4.35. The molecule has 0 aromatic carbocycles. The first-order chi connectivity index (χ1) is 7.75. The van der Waals surface area contributed by atoms with Gasteiger partial charge in [-0.1, -0.05) is 12.8 Å². The van der Waals surface area contributed by atoms with Gasteiger partial charge in [0, 0.05) is 25.0 Å². The van der Waals surface area contributed by atoms with Crippen molar-refractivity contribution in [1.82, 2.24) is 15.3 Å². The lowest BCUT2D eigenvalue weighted by Crippen LogP contribution is -2.32. The molecule has 1 aliphatic rings. The summed E-state index contributed by atoms with van der Waals surface area (Å²) in [7, 11) is 0. The molecule has 16 heavy (non-hydrogen) atoms. The summed E-state index contributed by atoms with van der Waals surface area (Å²) in [5.41, 5.74) is 2.02. The highest BCUT2D eigenvalue weighted by atomic mass is 14.9. The van der Waals surface area contributed by atoms with Crippen molar-refractivity contribution in [2.24, 2.45) is 5.92 Å². The predicted octanol–water partition coefficient (Wildman–Crippen LogP) is 2.45. The largest absolute Gasteiger partial charge is 0.308 e. The van der Waals surface area contributed by atoms with E-state index in [9.17, 15) is 0 Å². The van der Waals surface area contributed by atoms with Crippen LogP contribution in [0, 0.1) is 12.8 Å². The molecule has 2 rings (SSSR count). The minimum absolute atomic E-state index is 0.602. The molecule has 88 valence electrons. The van der Waals surface area contributed by atoms with Crippen LogP contribution in [0.5, 0.6) is 0 Å². The fraction of sp³-hybridized carbons (Fsp3) is 0.692. The van der Waals surface area contributed by atoms with Crippen molar-refractivity contribution in [3.05, 3.63) is 23.8 Å². The van der Waals surface area contributed by atoms with E-state index in [1.165, 1.54) is 25.7 Å².